The highest BCUT2D eigenvalue weighted by Gasteiger charge is 2.06. The van der Waals surface area contributed by atoms with Crippen LogP contribution in [0.15, 0.2) is 64.8 Å². The van der Waals surface area contributed by atoms with Gasteiger partial charge in [-0.1, -0.05) is 30.4 Å². The van der Waals surface area contributed by atoms with Crippen molar-refractivity contribution < 1.29 is 4.39 Å². The van der Waals surface area contributed by atoms with Gasteiger partial charge < -0.3 is 10.7 Å². The lowest BCUT2D eigenvalue weighted by Crippen LogP contribution is -2.15. The molecule has 1 aromatic rings. The number of hydrogen-bond donors (Lipinski definition) is 2. The summed E-state index contributed by atoms with van der Waals surface area (Å²) in [5.41, 5.74) is 1.61. The van der Waals surface area contributed by atoms with Crippen LogP contribution in [0.2, 0.25) is 0 Å². The molecule has 1 aromatic carbocycles. The molecule has 0 aliphatic carbocycles. The molecular weight excluding hydrogens is 279 g/mol. The first-order valence-electron chi connectivity index (χ1n) is 6.74. The third-order valence-electron chi connectivity index (χ3n) is 3.04. The predicted molar refractivity (Wildman–Crippen MR) is 85.2 cm³/mol. The topological polar surface area (TPSA) is 72.0 Å². The summed E-state index contributed by atoms with van der Waals surface area (Å²) < 4.78 is 13.5. The van der Waals surface area contributed by atoms with Gasteiger partial charge in [0.1, 0.15) is 17.6 Å². The number of nitrogens with one attached hydrogen (secondary N) is 2. The Kier molecular flexibility index (Phi) is 5.38. The fraction of sp³-hybridized carbons (Fsp3) is 0.118. The maximum atomic E-state index is 13.5. The molecule has 0 bridgehead atoms. The summed E-state index contributed by atoms with van der Waals surface area (Å²) in [6.07, 6.45) is 8.47. The van der Waals surface area contributed by atoms with Gasteiger partial charge >= 0.3 is 0 Å². The van der Waals surface area contributed by atoms with E-state index in [0.29, 0.717) is 17.7 Å². The zero-order chi connectivity index (χ0) is 15.8. The van der Waals surface area contributed by atoms with Gasteiger partial charge in [-0.3, -0.25) is 4.99 Å². The van der Waals surface area contributed by atoms with Gasteiger partial charge in [-0.25, -0.2) is 4.39 Å². The zero-order valence-electron chi connectivity index (χ0n) is 11.9. The van der Waals surface area contributed by atoms with E-state index in [9.17, 15) is 4.39 Å². The summed E-state index contributed by atoms with van der Waals surface area (Å²) in [5.74, 6) is -0.326. The van der Waals surface area contributed by atoms with Crippen LogP contribution in [0.25, 0.3) is 0 Å². The quantitative estimate of drug-likeness (QED) is 0.647. The van der Waals surface area contributed by atoms with Gasteiger partial charge in [0.05, 0.1) is 12.3 Å². The average Bonchev–Trinajstić information content (AvgIpc) is 2.82. The smallest absolute Gasteiger partial charge is 0.128 e. The van der Waals surface area contributed by atoms with Crippen molar-refractivity contribution in [1.82, 2.24) is 5.32 Å². The van der Waals surface area contributed by atoms with Gasteiger partial charge in [-0.2, -0.15) is 5.26 Å². The minimum absolute atomic E-state index is 0.191. The summed E-state index contributed by atoms with van der Waals surface area (Å²) in [6.45, 7) is 0.588. The maximum Gasteiger partial charge on any atom is 0.128 e. The molecule has 0 saturated carbocycles. The van der Waals surface area contributed by atoms with Gasteiger partial charge in [-0.15, -0.1) is 0 Å². The number of benzene rings is 1. The van der Waals surface area contributed by atoms with Gasteiger partial charge in [0.15, 0.2) is 0 Å². The Morgan fingerprint density at radius 1 is 1.41 bits per heavy atom. The van der Waals surface area contributed by atoms with E-state index in [4.69, 9.17) is 10.7 Å². The fourth-order valence-electron chi connectivity index (χ4n) is 1.85. The largest absolute Gasteiger partial charge is 0.372 e. The third kappa shape index (κ3) is 4.25. The Balaban J connectivity index is 2.05. The minimum atomic E-state index is -0.326. The molecule has 22 heavy (non-hydrogen) atoms. The van der Waals surface area contributed by atoms with Crippen molar-refractivity contribution in [1.29, 1.82) is 10.7 Å². The van der Waals surface area contributed by atoms with E-state index in [2.05, 4.69) is 10.3 Å². The molecule has 4 nitrogen and oxygen atoms in total. The molecule has 0 saturated heterocycles. The predicted octanol–water partition coefficient (Wildman–Crippen LogP) is 2.91. The maximum absolute atomic E-state index is 13.5. The number of nitriles is 1. The Morgan fingerprint density at radius 2 is 2.23 bits per heavy atom. The molecular formula is C17H15FN4. The monoisotopic (exact) mass is 294 g/mol. The van der Waals surface area contributed by atoms with E-state index in [1.165, 1.54) is 12.1 Å². The van der Waals surface area contributed by atoms with Crippen LogP contribution in [0.5, 0.6) is 0 Å². The molecule has 2 N–H and O–H groups in total. The zero-order valence-corrected chi connectivity index (χ0v) is 11.9. The fourth-order valence-corrected chi connectivity index (χ4v) is 1.85. The van der Waals surface area contributed by atoms with Crippen molar-refractivity contribution in [3.05, 3.63) is 71.2 Å². The van der Waals surface area contributed by atoms with Crippen molar-refractivity contribution in [2.75, 3.05) is 6.54 Å². The second-order valence-electron chi connectivity index (χ2n) is 4.60. The molecule has 0 atom stereocenters. The minimum Gasteiger partial charge on any atom is -0.372 e. The Hall–Kier alpha value is -3.00. The van der Waals surface area contributed by atoms with E-state index in [1.807, 2.05) is 6.07 Å². The van der Waals surface area contributed by atoms with Crippen LogP contribution < -0.4 is 5.32 Å². The average molecular weight is 294 g/mol. The van der Waals surface area contributed by atoms with E-state index >= 15 is 0 Å². The van der Waals surface area contributed by atoms with Crippen LogP contribution in [0.3, 0.4) is 0 Å². The molecule has 1 aliphatic heterocycles. The highest BCUT2D eigenvalue weighted by molar-refractivity contribution is 6.07. The van der Waals surface area contributed by atoms with Crippen molar-refractivity contribution in [3.63, 3.8) is 0 Å². The summed E-state index contributed by atoms with van der Waals surface area (Å²) in [4.78, 5) is 4.11. The molecule has 0 fully saturated rings. The molecule has 5 heteroatoms. The molecule has 2 rings (SSSR count). The molecule has 0 spiro atoms. The summed E-state index contributed by atoms with van der Waals surface area (Å²) in [5, 5.41) is 20.0. The van der Waals surface area contributed by atoms with Crippen molar-refractivity contribution >= 4 is 11.9 Å². The van der Waals surface area contributed by atoms with Crippen LogP contribution in [0.1, 0.15) is 5.56 Å². The van der Waals surface area contributed by atoms with E-state index in [0.717, 1.165) is 0 Å². The molecule has 0 unspecified atom stereocenters. The van der Waals surface area contributed by atoms with Crippen LogP contribution in [0.4, 0.5) is 4.39 Å². The number of rotatable bonds is 5. The van der Waals surface area contributed by atoms with E-state index in [-0.39, 0.29) is 23.8 Å². The first-order chi connectivity index (χ1) is 10.7. The molecule has 0 radical (unpaired) electrons. The Morgan fingerprint density at radius 3 is 3.00 bits per heavy atom. The SMILES string of the molecule is N#C/C(=C/C(=N)C1=CC=CC=NC1)NCc1ccccc1F. The normalized spacial score (nSPS) is 14.0. The lowest BCUT2D eigenvalue weighted by molar-refractivity contribution is 0.602. The molecule has 1 heterocycles. The molecule has 1 aliphatic rings. The van der Waals surface area contributed by atoms with Gasteiger partial charge in [0.2, 0.25) is 0 Å². The summed E-state index contributed by atoms with van der Waals surface area (Å²) in [7, 11) is 0. The standard InChI is InChI=1S/C17H15FN4/c18-16-7-2-1-5-13(16)12-22-15(10-19)9-17(20)14-6-3-4-8-21-11-14/h1-9,20,22H,11-12H2/b15-9-,20-17?. The number of aliphatic imine (C=N–C) groups is 1. The second kappa shape index (κ2) is 7.70. The lowest BCUT2D eigenvalue weighted by atomic mass is 10.1. The summed E-state index contributed by atoms with van der Waals surface area (Å²) >= 11 is 0. The second-order valence-corrected chi connectivity index (χ2v) is 4.60. The van der Waals surface area contributed by atoms with Gasteiger partial charge in [-0.05, 0) is 23.8 Å². The van der Waals surface area contributed by atoms with Crippen molar-refractivity contribution in [2.45, 2.75) is 6.54 Å². The Labute approximate surface area is 128 Å². The van der Waals surface area contributed by atoms with E-state index in [1.54, 1.807) is 42.6 Å². The highest BCUT2D eigenvalue weighted by atomic mass is 19.1. The highest BCUT2D eigenvalue weighted by Crippen LogP contribution is 2.08. The molecule has 0 amide bonds. The lowest BCUT2D eigenvalue weighted by Gasteiger charge is -2.07. The first kappa shape index (κ1) is 15.4. The number of allylic oxidation sites excluding steroid dienone is 5. The van der Waals surface area contributed by atoms with Gasteiger partial charge in [0, 0.05) is 18.3 Å². The number of nitrogens with zero attached hydrogens (tertiary/aromatic N) is 2. The van der Waals surface area contributed by atoms with E-state index < -0.39 is 0 Å². The third-order valence-corrected chi connectivity index (χ3v) is 3.04. The summed E-state index contributed by atoms with van der Waals surface area (Å²) in [6, 6.07) is 8.35. The van der Waals surface area contributed by atoms with Crippen molar-refractivity contribution in [3.8, 4) is 6.07 Å². The van der Waals surface area contributed by atoms with Crippen LogP contribution >= 0.6 is 0 Å². The van der Waals surface area contributed by atoms with Crippen molar-refractivity contribution in [2.24, 2.45) is 4.99 Å². The number of hydrogen-bond acceptors (Lipinski definition) is 4. The molecule has 110 valence electrons. The van der Waals surface area contributed by atoms with Crippen LogP contribution in [-0.2, 0) is 6.54 Å². The molecule has 0 aromatic heterocycles. The first-order valence-corrected chi connectivity index (χ1v) is 6.74. The van der Waals surface area contributed by atoms with Crippen LogP contribution in [0, 0.1) is 22.6 Å². The van der Waals surface area contributed by atoms with Crippen LogP contribution in [-0.4, -0.2) is 18.5 Å². The Bertz CT molecular complexity index is 720. The van der Waals surface area contributed by atoms with Gasteiger partial charge in [0.25, 0.3) is 0 Å². The number of halogens is 1.